The van der Waals surface area contributed by atoms with Crippen LogP contribution in [0.2, 0.25) is 0 Å². The molecule has 0 fully saturated rings. The normalized spacial score (nSPS) is 12.2. The van der Waals surface area contributed by atoms with E-state index in [1.807, 2.05) is 0 Å². The van der Waals surface area contributed by atoms with Crippen molar-refractivity contribution >= 4 is 29.9 Å². The second kappa shape index (κ2) is 14.3. The molecule has 0 amide bonds. The molecule has 8 heteroatoms. The number of nitrogens with one attached hydrogen (secondary N) is 2. The second-order valence-electron chi connectivity index (χ2n) is 4.99. The highest BCUT2D eigenvalue weighted by molar-refractivity contribution is 14.0. The van der Waals surface area contributed by atoms with Crippen LogP contribution in [0.3, 0.4) is 0 Å². The largest absolute Gasteiger partial charge is 0.390 e. The molecule has 0 aliphatic carbocycles. The Kier molecular flexibility index (Phi) is 15.7. The molecule has 134 valence electrons. The number of alkyl halides is 3. The topological polar surface area (TPSA) is 39.7 Å². The van der Waals surface area contributed by atoms with E-state index in [0.29, 0.717) is 12.5 Å². The fraction of sp³-hybridized carbons (Fsp3) is 0.929. The van der Waals surface area contributed by atoms with Gasteiger partial charge in [-0.05, 0) is 38.9 Å². The Balaban J connectivity index is 0. The molecule has 0 aromatic heterocycles. The van der Waals surface area contributed by atoms with E-state index in [0.717, 1.165) is 38.9 Å². The Morgan fingerprint density at radius 2 is 1.55 bits per heavy atom. The fourth-order valence-electron chi connectivity index (χ4n) is 2.02. The lowest BCUT2D eigenvalue weighted by Gasteiger charge is -2.21. The van der Waals surface area contributed by atoms with E-state index >= 15 is 0 Å². The van der Waals surface area contributed by atoms with Gasteiger partial charge in [0.2, 0.25) is 0 Å². The molecule has 0 saturated carbocycles. The molecule has 0 unspecified atom stereocenters. The van der Waals surface area contributed by atoms with Crippen LogP contribution in [0.15, 0.2) is 4.99 Å². The molecular formula is C14H30F3IN4. The predicted molar refractivity (Wildman–Crippen MR) is 97.1 cm³/mol. The molecule has 0 aliphatic heterocycles. The van der Waals surface area contributed by atoms with Crippen LogP contribution in [0.4, 0.5) is 13.2 Å². The molecule has 4 nitrogen and oxygen atoms in total. The van der Waals surface area contributed by atoms with E-state index in [2.05, 4.69) is 34.4 Å². The Labute approximate surface area is 149 Å². The number of hydrogen-bond donors (Lipinski definition) is 2. The van der Waals surface area contributed by atoms with Gasteiger partial charge in [-0.25, -0.2) is 0 Å². The van der Waals surface area contributed by atoms with E-state index in [9.17, 15) is 13.2 Å². The smallest absolute Gasteiger partial charge is 0.356 e. The summed E-state index contributed by atoms with van der Waals surface area (Å²) in [4.78, 5) is 6.31. The molecule has 2 N–H and O–H groups in total. The van der Waals surface area contributed by atoms with E-state index in [-0.39, 0.29) is 30.5 Å². The Morgan fingerprint density at radius 1 is 1.00 bits per heavy atom. The third-order valence-electron chi connectivity index (χ3n) is 2.95. The van der Waals surface area contributed by atoms with Crippen LogP contribution in [0, 0.1) is 0 Å². The van der Waals surface area contributed by atoms with Crippen molar-refractivity contribution in [1.29, 1.82) is 0 Å². The summed E-state index contributed by atoms with van der Waals surface area (Å²) in [6, 6.07) is 0. The van der Waals surface area contributed by atoms with Gasteiger partial charge in [0.1, 0.15) is 0 Å². The van der Waals surface area contributed by atoms with E-state index in [1.54, 1.807) is 7.05 Å². The zero-order valence-electron chi connectivity index (χ0n) is 13.8. The highest BCUT2D eigenvalue weighted by Crippen LogP contribution is 2.17. The molecule has 0 heterocycles. The molecule has 22 heavy (non-hydrogen) atoms. The van der Waals surface area contributed by atoms with Gasteiger partial charge in [0.15, 0.2) is 5.96 Å². The lowest BCUT2D eigenvalue weighted by atomic mass is 10.3. The average molecular weight is 438 g/mol. The SMILES string of the molecule is CCCN(CCC)CCCNC(=NC)NCCC(F)(F)F.I. The van der Waals surface area contributed by atoms with Gasteiger partial charge in [-0.1, -0.05) is 13.8 Å². The first kappa shape index (κ1) is 24.0. The molecule has 0 radical (unpaired) electrons. The van der Waals surface area contributed by atoms with E-state index < -0.39 is 12.6 Å². The zero-order valence-corrected chi connectivity index (χ0v) is 16.1. The second-order valence-corrected chi connectivity index (χ2v) is 4.99. The van der Waals surface area contributed by atoms with Gasteiger partial charge in [0.25, 0.3) is 0 Å². The van der Waals surface area contributed by atoms with Crippen LogP contribution in [0.25, 0.3) is 0 Å². The van der Waals surface area contributed by atoms with E-state index in [1.165, 1.54) is 0 Å². The summed E-state index contributed by atoms with van der Waals surface area (Å²) >= 11 is 0. The lowest BCUT2D eigenvalue weighted by molar-refractivity contribution is -0.132. The summed E-state index contributed by atoms with van der Waals surface area (Å²) in [7, 11) is 1.56. The summed E-state index contributed by atoms with van der Waals surface area (Å²) < 4.78 is 36.1. The van der Waals surface area contributed by atoms with Gasteiger partial charge in [-0.2, -0.15) is 13.2 Å². The van der Waals surface area contributed by atoms with Gasteiger partial charge < -0.3 is 15.5 Å². The van der Waals surface area contributed by atoms with Crippen LogP contribution in [0.5, 0.6) is 0 Å². The van der Waals surface area contributed by atoms with E-state index in [4.69, 9.17) is 0 Å². The Bertz CT molecular complexity index is 280. The summed E-state index contributed by atoms with van der Waals surface area (Å²) in [5.41, 5.74) is 0. The van der Waals surface area contributed by atoms with Gasteiger partial charge >= 0.3 is 6.18 Å². The standard InChI is InChI=1S/C14H29F3N4.HI/c1-4-10-21(11-5-2)12-6-8-19-13(18-3)20-9-7-14(15,16)17;/h4-12H2,1-3H3,(H2,18,19,20);1H. The van der Waals surface area contributed by atoms with Crippen molar-refractivity contribution < 1.29 is 13.2 Å². The fourth-order valence-corrected chi connectivity index (χ4v) is 2.02. The molecule has 0 saturated heterocycles. The van der Waals surface area contributed by atoms with Gasteiger partial charge in [0.05, 0.1) is 6.42 Å². The third-order valence-corrected chi connectivity index (χ3v) is 2.95. The Morgan fingerprint density at radius 3 is 2.00 bits per heavy atom. The minimum Gasteiger partial charge on any atom is -0.356 e. The number of aliphatic imine (C=N–C) groups is 1. The first-order valence-electron chi connectivity index (χ1n) is 7.66. The van der Waals surface area contributed by atoms with Crippen LogP contribution in [-0.4, -0.2) is 56.8 Å². The molecule has 0 aliphatic rings. The molecule has 0 bridgehead atoms. The minimum absolute atomic E-state index is 0. The highest BCUT2D eigenvalue weighted by Gasteiger charge is 2.26. The maximum absolute atomic E-state index is 12.0. The summed E-state index contributed by atoms with van der Waals surface area (Å²) in [6.07, 6.45) is -1.77. The molecule has 0 rings (SSSR count). The predicted octanol–water partition coefficient (Wildman–Crippen LogP) is 3.23. The molecule has 0 aromatic carbocycles. The maximum Gasteiger partial charge on any atom is 0.390 e. The number of rotatable bonds is 10. The Hall–Kier alpha value is -0.250. The van der Waals surface area contributed by atoms with Crippen molar-refractivity contribution in [2.75, 3.05) is 39.8 Å². The van der Waals surface area contributed by atoms with Crippen molar-refractivity contribution in [1.82, 2.24) is 15.5 Å². The molecular weight excluding hydrogens is 408 g/mol. The number of guanidine groups is 1. The molecule has 0 aromatic rings. The molecule has 0 atom stereocenters. The maximum atomic E-state index is 12.0. The average Bonchev–Trinajstić information content (AvgIpc) is 2.40. The van der Waals surface area contributed by atoms with Gasteiger partial charge in [-0.15, -0.1) is 24.0 Å². The highest BCUT2D eigenvalue weighted by atomic mass is 127. The first-order valence-corrected chi connectivity index (χ1v) is 7.66. The van der Waals surface area contributed by atoms with Gasteiger partial charge in [0, 0.05) is 20.1 Å². The van der Waals surface area contributed by atoms with Crippen molar-refractivity contribution in [3.63, 3.8) is 0 Å². The monoisotopic (exact) mass is 438 g/mol. The zero-order chi connectivity index (χ0) is 16.1. The lowest BCUT2D eigenvalue weighted by Crippen LogP contribution is -2.40. The summed E-state index contributed by atoms with van der Waals surface area (Å²) in [6.45, 7) is 8.05. The summed E-state index contributed by atoms with van der Waals surface area (Å²) in [5.74, 6) is 0.428. The minimum atomic E-state index is -4.13. The number of halogens is 4. The van der Waals surface area contributed by atoms with Crippen LogP contribution in [-0.2, 0) is 0 Å². The molecule has 0 spiro atoms. The van der Waals surface area contributed by atoms with Crippen molar-refractivity contribution in [2.24, 2.45) is 4.99 Å². The van der Waals surface area contributed by atoms with Crippen molar-refractivity contribution in [3.05, 3.63) is 0 Å². The van der Waals surface area contributed by atoms with Gasteiger partial charge in [-0.3, -0.25) is 4.99 Å². The van der Waals surface area contributed by atoms with Crippen LogP contribution in [0.1, 0.15) is 39.5 Å². The van der Waals surface area contributed by atoms with Crippen molar-refractivity contribution in [2.45, 2.75) is 45.7 Å². The summed E-state index contributed by atoms with van der Waals surface area (Å²) in [5, 5.41) is 5.71. The first-order chi connectivity index (χ1) is 9.92. The van der Waals surface area contributed by atoms with Crippen molar-refractivity contribution in [3.8, 4) is 0 Å². The number of nitrogens with zero attached hydrogens (tertiary/aromatic N) is 2. The van der Waals surface area contributed by atoms with Crippen LogP contribution < -0.4 is 10.6 Å². The van der Waals surface area contributed by atoms with Crippen LogP contribution >= 0.6 is 24.0 Å². The third kappa shape index (κ3) is 14.7. The quantitative estimate of drug-likeness (QED) is 0.238. The number of hydrogen-bond acceptors (Lipinski definition) is 2.